The highest BCUT2D eigenvalue weighted by atomic mass is 79.9. The molecule has 1 unspecified atom stereocenters. The summed E-state index contributed by atoms with van der Waals surface area (Å²) < 4.78 is 0. The van der Waals surface area contributed by atoms with Gasteiger partial charge in [-0.15, -0.1) is 11.3 Å². The summed E-state index contributed by atoms with van der Waals surface area (Å²) in [6.45, 7) is 2.26. The number of halogens is 1. The summed E-state index contributed by atoms with van der Waals surface area (Å²) in [5.74, 6) is 0. The van der Waals surface area contributed by atoms with E-state index in [1.165, 1.54) is 43.4 Å². The Morgan fingerprint density at radius 2 is 2.07 bits per heavy atom. The van der Waals surface area contributed by atoms with Crippen LogP contribution in [0.5, 0.6) is 0 Å². The van der Waals surface area contributed by atoms with Crippen molar-refractivity contribution in [1.29, 1.82) is 0 Å². The molecule has 0 nitrogen and oxygen atoms in total. The molecule has 80 valence electrons. The topological polar surface area (TPSA) is 0 Å². The average Bonchev–Trinajstić information content (AvgIpc) is 2.70. The summed E-state index contributed by atoms with van der Waals surface area (Å²) in [5, 5.41) is 2.15. The molecule has 0 spiro atoms. The van der Waals surface area contributed by atoms with Crippen LogP contribution in [0.4, 0.5) is 0 Å². The fourth-order valence-electron chi connectivity index (χ4n) is 1.54. The highest BCUT2D eigenvalue weighted by Crippen LogP contribution is 2.31. The van der Waals surface area contributed by atoms with Crippen LogP contribution < -0.4 is 0 Å². The van der Waals surface area contributed by atoms with E-state index in [2.05, 4.69) is 40.4 Å². The first-order chi connectivity index (χ1) is 6.84. The van der Waals surface area contributed by atoms with E-state index in [0.717, 1.165) is 0 Å². The first-order valence-electron chi connectivity index (χ1n) is 5.52. The van der Waals surface area contributed by atoms with Gasteiger partial charge in [0.05, 0.1) is 0 Å². The van der Waals surface area contributed by atoms with Crippen molar-refractivity contribution in [3.8, 4) is 0 Å². The molecular formula is C12H19BrS. The Kier molecular flexibility index (Phi) is 6.54. The summed E-state index contributed by atoms with van der Waals surface area (Å²) in [6, 6.07) is 4.35. The van der Waals surface area contributed by atoms with Gasteiger partial charge in [-0.05, 0) is 17.9 Å². The average molecular weight is 275 g/mol. The molecule has 1 heterocycles. The monoisotopic (exact) mass is 274 g/mol. The van der Waals surface area contributed by atoms with E-state index in [0.29, 0.717) is 4.83 Å². The number of unbranched alkanes of at least 4 members (excludes halogenated alkanes) is 4. The van der Waals surface area contributed by atoms with Crippen LogP contribution in [0.25, 0.3) is 0 Å². The van der Waals surface area contributed by atoms with E-state index < -0.39 is 0 Å². The largest absolute Gasteiger partial charge is 0.148 e. The van der Waals surface area contributed by atoms with Crippen molar-refractivity contribution in [2.75, 3.05) is 0 Å². The second kappa shape index (κ2) is 7.47. The second-order valence-corrected chi connectivity index (χ2v) is 5.77. The number of hydrogen-bond donors (Lipinski definition) is 0. The van der Waals surface area contributed by atoms with Gasteiger partial charge in [0.15, 0.2) is 0 Å². The van der Waals surface area contributed by atoms with Crippen LogP contribution >= 0.6 is 27.3 Å². The minimum Gasteiger partial charge on any atom is -0.148 e. The number of thiophene rings is 1. The maximum absolute atomic E-state index is 3.74. The van der Waals surface area contributed by atoms with Crippen molar-refractivity contribution in [2.45, 2.75) is 50.3 Å². The van der Waals surface area contributed by atoms with Gasteiger partial charge >= 0.3 is 0 Å². The van der Waals surface area contributed by atoms with Gasteiger partial charge in [-0.1, -0.05) is 61.0 Å². The summed E-state index contributed by atoms with van der Waals surface area (Å²) in [6.07, 6.45) is 8.16. The third kappa shape index (κ3) is 4.61. The third-order valence-corrected chi connectivity index (χ3v) is 4.65. The lowest BCUT2D eigenvalue weighted by molar-refractivity contribution is 0.607. The van der Waals surface area contributed by atoms with Gasteiger partial charge in [-0.2, -0.15) is 0 Å². The van der Waals surface area contributed by atoms with Crippen molar-refractivity contribution in [3.63, 3.8) is 0 Å². The molecule has 0 radical (unpaired) electrons. The zero-order chi connectivity index (χ0) is 10.2. The Morgan fingerprint density at radius 1 is 1.29 bits per heavy atom. The molecule has 0 N–H and O–H groups in total. The van der Waals surface area contributed by atoms with E-state index in [-0.39, 0.29) is 0 Å². The second-order valence-electron chi connectivity index (χ2n) is 3.69. The lowest BCUT2D eigenvalue weighted by atomic mass is 10.1. The maximum Gasteiger partial charge on any atom is 0.0489 e. The Balaban J connectivity index is 2.07. The van der Waals surface area contributed by atoms with Crippen LogP contribution in [0, 0.1) is 0 Å². The lowest BCUT2D eigenvalue weighted by Crippen LogP contribution is -1.86. The number of alkyl halides is 1. The van der Waals surface area contributed by atoms with Crippen LogP contribution in [0.1, 0.15) is 55.2 Å². The molecule has 0 saturated heterocycles. The fourth-order valence-corrected chi connectivity index (χ4v) is 3.08. The Bertz CT molecular complexity index is 218. The molecule has 0 aliphatic rings. The Morgan fingerprint density at radius 3 is 2.71 bits per heavy atom. The lowest BCUT2D eigenvalue weighted by Gasteiger charge is -2.06. The third-order valence-electron chi connectivity index (χ3n) is 2.41. The Hall–Kier alpha value is 0.180. The minimum atomic E-state index is 0.587. The first-order valence-corrected chi connectivity index (χ1v) is 7.31. The minimum absolute atomic E-state index is 0.587. The van der Waals surface area contributed by atoms with Gasteiger partial charge < -0.3 is 0 Å². The van der Waals surface area contributed by atoms with Gasteiger partial charge in [-0.3, -0.25) is 0 Å². The van der Waals surface area contributed by atoms with Crippen molar-refractivity contribution < 1.29 is 0 Å². The normalized spacial score (nSPS) is 13.0. The van der Waals surface area contributed by atoms with Gasteiger partial charge in [0.2, 0.25) is 0 Å². The van der Waals surface area contributed by atoms with E-state index in [1.54, 1.807) is 0 Å². The van der Waals surface area contributed by atoms with E-state index in [9.17, 15) is 0 Å². The molecule has 14 heavy (non-hydrogen) atoms. The van der Waals surface area contributed by atoms with E-state index in [4.69, 9.17) is 0 Å². The van der Waals surface area contributed by atoms with E-state index in [1.807, 2.05) is 11.3 Å². The molecule has 1 aromatic rings. The van der Waals surface area contributed by atoms with Crippen LogP contribution in [0.15, 0.2) is 17.5 Å². The zero-order valence-corrected chi connectivity index (χ0v) is 11.2. The van der Waals surface area contributed by atoms with Gasteiger partial charge in [0.1, 0.15) is 0 Å². The molecular weight excluding hydrogens is 256 g/mol. The van der Waals surface area contributed by atoms with Crippen LogP contribution in [0.3, 0.4) is 0 Å². The molecule has 1 rings (SSSR count). The summed E-state index contributed by atoms with van der Waals surface area (Å²) >= 11 is 5.60. The highest BCUT2D eigenvalue weighted by molar-refractivity contribution is 9.09. The molecule has 0 aliphatic carbocycles. The quantitative estimate of drug-likeness (QED) is 0.452. The smallest absolute Gasteiger partial charge is 0.0489 e. The van der Waals surface area contributed by atoms with Crippen molar-refractivity contribution in [3.05, 3.63) is 22.4 Å². The van der Waals surface area contributed by atoms with Gasteiger partial charge in [0.25, 0.3) is 0 Å². The van der Waals surface area contributed by atoms with Gasteiger partial charge in [-0.25, -0.2) is 0 Å². The standard InChI is InChI=1S/C12H19BrS/c1-2-3-4-5-6-8-11(13)12-9-7-10-14-12/h7,9-11H,2-6,8H2,1H3. The SMILES string of the molecule is CCCCCCCC(Br)c1cccs1. The molecule has 2 heteroatoms. The number of rotatable bonds is 7. The van der Waals surface area contributed by atoms with Crippen LogP contribution in [0.2, 0.25) is 0 Å². The van der Waals surface area contributed by atoms with Crippen molar-refractivity contribution in [2.24, 2.45) is 0 Å². The molecule has 0 bridgehead atoms. The van der Waals surface area contributed by atoms with Gasteiger partial charge in [0, 0.05) is 9.70 Å². The molecule has 0 saturated carbocycles. The summed E-state index contributed by atoms with van der Waals surface area (Å²) in [5.41, 5.74) is 0. The van der Waals surface area contributed by atoms with Crippen molar-refractivity contribution >= 4 is 27.3 Å². The highest BCUT2D eigenvalue weighted by Gasteiger charge is 2.06. The maximum atomic E-state index is 3.74. The summed E-state index contributed by atoms with van der Waals surface area (Å²) in [7, 11) is 0. The predicted octanol–water partition coefficient (Wildman–Crippen LogP) is 5.54. The molecule has 0 aromatic carbocycles. The molecule has 1 aromatic heterocycles. The summed E-state index contributed by atoms with van der Waals surface area (Å²) in [4.78, 5) is 2.06. The van der Waals surface area contributed by atoms with Crippen LogP contribution in [-0.4, -0.2) is 0 Å². The zero-order valence-electron chi connectivity index (χ0n) is 8.84. The fraction of sp³-hybridized carbons (Fsp3) is 0.667. The molecule has 0 fully saturated rings. The van der Waals surface area contributed by atoms with Crippen LogP contribution in [-0.2, 0) is 0 Å². The van der Waals surface area contributed by atoms with Crippen molar-refractivity contribution in [1.82, 2.24) is 0 Å². The number of hydrogen-bond acceptors (Lipinski definition) is 1. The van der Waals surface area contributed by atoms with E-state index >= 15 is 0 Å². The molecule has 0 amide bonds. The first kappa shape index (κ1) is 12.3. The molecule has 0 aliphatic heterocycles. The Labute approximate surface area is 99.9 Å². The predicted molar refractivity (Wildman–Crippen MR) is 69.4 cm³/mol. The molecule has 1 atom stereocenters.